The summed E-state index contributed by atoms with van der Waals surface area (Å²) in [5.41, 5.74) is 1.43. The molecule has 0 fully saturated rings. The second-order valence-corrected chi connectivity index (χ2v) is 6.22. The van der Waals surface area contributed by atoms with Gasteiger partial charge in [-0.1, -0.05) is 12.1 Å². The summed E-state index contributed by atoms with van der Waals surface area (Å²) in [7, 11) is 1.72. The summed E-state index contributed by atoms with van der Waals surface area (Å²) < 4.78 is 5.16. The van der Waals surface area contributed by atoms with Gasteiger partial charge in [-0.25, -0.2) is 9.78 Å². The number of hydrogen-bond donors (Lipinski definition) is 1. The standard InChI is InChI=1S/C17H19N5O2/c1-20-13-4-2-3-5-14(13)22(17(20)24)11-16(23)19-12-6-7-15-18-8-9-21(15)10-12/h2-5,8-9,12H,6-7,10-11H2,1H3,(H,19,23). The maximum atomic E-state index is 12.4. The Morgan fingerprint density at radius 3 is 2.96 bits per heavy atom. The molecule has 0 bridgehead atoms. The fourth-order valence-electron chi connectivity index (χ4n) is 3.42. The van der Waals surface area contributed by atoms with Crippen LogP contribution in [0, 0.1) is 0 Å². The lowest BCUT2D eigenvalue weighted by Crippen LogP contribution is -2.43. The molecular formula is C17H19N5O2. The van der Waals surface area contributed by atoms with Crippen molar-refractivity contribution in [2.75, 3.05) is 0 Å². The van der Waals surface area contributed by atoms with Crippen LogP contribution in [0.2, 0.25) is 0 Å². The van der Waals surface area contributed by atoms with Gasteiger partial charge in [0.1, 0.15) is 12.4 Å². The van der Waals surface area contributed by atoms with Crippen molar-refractivity contribution < 1.29 is 4.79 Å². The minimum absolute atomic E-state index is 0.0352. The summed E-state index contributed by atoms with van der Waals surface area (Å²) in [6, 6.07) is 7.58. The van der Waals surface area contributed by atoms with Crippen molar-refractivity contribution in [3.63, 3.8) is 0 Å². The Kier molecular flexibility index (Phi) is 3.48. The van der Waals surface area contributed by atoms with E-state index in [4.69, 9.17) is 0 Å². The third-order valence-electron chi connectivity index (χ3n) is 4.65. The van der Waals surface area contributed by atoms with Gasteiger partial charge in [0.15, 0.2) is 0 Å². The quantitative estimate of drug-likeness (QED) is 0.769. The molecule has 0 aliphatic carbocycles. The molecule has 1 aliphatic heterocycles. The number of para-hydroxylation sites is 2. The van der Waals surface area contributed by atoms with Crippen molar-refractivity contribution in [2.24, 2.45) is 7.05 Å². The smallest absolute Gasteiger partial charge is 0.329 e. The molecule has 3 aromatic rings. The molecule has 0 saturated heterocycles. The van der Waals surface area contributed by atoms with Crippen molar-refractivity contribution in [1.29, 1.82) is 0 Å². The number of fused-ring (bicyclic) bond motifs is 2. The van der Waals surface area contributed by atoms with Gasteiger partial charge in [-0.05, 0) is 18.6 Å². The molecule has 1 amide bonds. The van der Waals surface area contributed by atoms with Gasteiger partial charge in [-0.2, -0.15) is 0 Å². The van der Waals surface area contributed by atoms with E-state index in [0.717, 1.165) is 36.2 Å². The van der Waals surface area contributed by atoms with Gasteiger partial charge >= 0.3 is 5.69 Å². The van der Waals surface area contributed by atoms with Crippen LogP contribution in [0.25, 0.3) is 11.0 Å². The van der Waals surface area contributed by atoms with Gasteiger partial charge < -0.3 is 9.88 Å². The normalized spacial score (nSPS) is 17.0. The second-order valence-electron chi connectivity index (χ2n) is 6.22. The Hall–Kier alpha value is -2.83. The van der Waals surface area contributed by atoms with Crippen LogP contribution in [0.1, 0.15) is 12.2 Å². The van der Waals surface area contributed by atoms with E-state index < -0.39 is 0 Å². The van der Waals surface area contributed by atoms with Crippen molar-refractivity contribution in [3.05, 3.63) is 53.0 Å². The molecule has 0 saturated carbocycles. The van der Waals surface area contributed by atoms with Crippen LogP contribution in [0.15, 0.2) is 41.5 Å². The Bertz CT molecular complexity index is 965. The second kappa shape index (κ2) is 5.67. The fraction of sp³-hybridized carbons (Fsp3) is 0.353. The minimum Gasteiger partial charge on any atom is -0.350 e. The van der Waals surface area contributed by atoms with Gasteiger partial charge in [-0.3, -0.25) is 13.9 Å². The first-order valence-electron chi connectivity index (χ1n) is 8.07. The highest BCUT2D eigenvalue weighted by Gasteiger charge is 2.21. The number of rotatable bonds is 3. The lowest BCUT2D eigenvalue weighted by atomic mass is 10.1. The molecule has 1 N–H and O–H groups in total. The van der Waals surface area contributed by atoms with Crippen LogP contribution in [0.5, 0.6) is 0 Å². The van der Waals surface area contributed by atoms with Crippen LogP contribution in [-0.2, 0) is 31.4 Å². The zero-order valence-electron chi connectivity index (χ0n) is 13.5. The Balaban J connectivity index is 1.51. The molecule has 3 heterocycles. The molecule has 1 unspecified atom stereocenters. The van der Waals surface area contributed by atoms with Crippen molar-refractivity contribution in [2.45, 2.75) is 32.0 Å². The molecule has 4 rings (SSSR count). The number of nitrogens with one attached hydrogen (secondary N) is 1. The van der Waals surface area contributed by atoms with Gasteiger partial charge in [0.2, 0.25) is 5.91 Å². The van der Waals surface area contributed by atoms with E-state index in [0.29, 0.717) is 0 Å². The summed E-state index contributed by atoms with van der Waals surface area (Å²) in [6.45, 7) is 0.763. The highest BCUT2D eigenvalue weighted by molar-refractivity contribution is 5.81. The molecule has 1 atom stereocenters. The molecule has 1 aromatic carbocycles. The van der Waals surface area contributed by atoms with Crippen LogP contribution >= 0.6 is 0 Å². The molecule has 0 spiro atoms. The molecule has 24 heavy (non-hydrogen) atoms. The number of benzene rings is 1. The van der Waals surface area contributed by atoms with Crippen LogP contribution < -0.4 is 11.0 Å². The van der Waals surface area contributed by atoms with Gasteiger partial charge in [0.05, 0.1) is 11.0 Å². The number of imidazole rings is 2. The van der Waals surface area contributed by atoms with Crippen molar-refractivity contribution >= 4 is 16.9 Å². The molecule has 124 valence electrons. The van der Waals surface area contributed by atoms with Crippen LogP contribution in [0.3, 0.4) is 0 Å². The van der Waals surface area contributed by atoms with E-state index >= 15 is 0 Å². The SMILES string of the molecule is Cn1c(=O)n(CC(=O)NC2CCc3nccn3C2)c2ccccc21. The molecule has 2 aromatic heterocycles. The number of amides is 1. The maximum absolute atomic E-state index is 12.4. The van der Waals surface area contributed by atoms with Crippen LogP contribution in [0.4, 0.5) is 0 Å². The molecule has 0 radical (unpaired) electrons. The third-order valence-corrected chi connectivity index (χ3v) is 4.65. The average molecular weight is 325 g/mol. The van der Waals surface area contributed by atoms with Gasteiger partial charge in [0.25, 0.3) is 0 Å². The van der Waals surface area contributed by atoms with Gasteiger partial charge in [0, 0.05) is 38.4 Å². The molecular weight excluding hydrogens is 306 g/mol. The fourth-order valence-corrected chi connectivity index (χ4v) is 3.42. The number of aryl methyl sites for hydroxylation is 2. The first kappa shape index (κ1) is 14.7. The largest absolute Gasteiger partial charge is 0.350 e. The number of nitrogens with zero attached hydrogens (tertiary/aromatic N) is 4. The summed E-state index contributed by atoms with van der Waals surface area (Å²) in [5.74, 6) is 0.924. The monoisotopic (exact) mass is 325 g/mol. The van der Waals surface area contributed by atoms with Crippen molar-refractivity contribution in [3.8, 4) is 0 Å². The van der Waals surface area contributed by atoms with Crippen molar-refractivity contribution in [1.82, 2.24) is 24.0 Å². The van der Waals surface area contributed by atoms with Crippen LogP contribution in [-0.4, -0.2) is 30.6 Å². The van der Waals surface area contributed by atoms with Gasteiger partial charge in [-0.15, -0.1) is 0 Å². The highest BCUT2D eigenvalue weighted by atomic mass is 16.2. The first-order valence-corrected chi connectivity index (χ1v) is 8.07. The summed E-state index contributed by atoms with van der Waals surface area (Å²) in [5, 5.41) is 3.04. The molecule has 7 nitrogen and oxygen atoms in total. The first-order chi connectivity index (χ1) is 11.6. The zero-order chi connectivity index (χ0) is 16.7. The van der Waals surface area contributed by atoms with E-state index in [-0.39, 0.29) is 24.2 Å². The topological polar surface area (TPSA) is 73.8 Å². The number of aromatic nitrogens is 4. The van der Waals surface area contributed by atoms with E-state index in [2.05, 4.69) is 14.9 Å². The maximum Gasteiger partial charge on any atom is 0.329 e. The van der Waals surface area contributed by atoms with E-state index in [1.165, 1.54) is 4.57 Å². The highest BCUT2D eigenvalue weighted by Crippen LogP contribution is 2.14. The third kappa shape index (κ3) is 2.42. The predicted molar refractivity (Wildman–Crippen MR) is 89.7 cm³/mol. The molecule has 1 aliphatic rings. The lowest BCUT2D eigenvalue weighted by Gasteiger charge is -2.24. The summed E-state index contributed by atoms with van der Waals surface area (Å²) in [4.78, 5) is 29.1. The summed E-state index contributed by atoms with van der Waals surface area (Å²) in [6.07, 6.45) is 5.44. The predicted octanol–water partition coefficient (Wildman–Crippen LogP) is 0.668. The van der Waals surface area contributed by atoms with E-state index in [9.17, 15) is 9.59 Å². The lowest BCUT2D eigenvalue weighted by molar-refractivity contribution is -0.122. The minimum atomic E-state index is -0.174. The zero-order valence-corrected chi connectivity index (χ0v) is 13.5. The number of carbonyl (C=O) groups excluding carboxylic acids is 1. The number of carbonyl (C=O) groups is 1. The Labute approximate surface area is 138 Å². The van der Waals surface area contributed by atoms with E-state index in [1.54, 1.807) is 17.8 Å². The summed E-state index contributed by atoms with van der Waals surface area (Å²) >= 11 is 0. The number of hydrogen-bond acceptors (Lipinski definition) is 3. The molecule has 7 heteroatoms. The Morgan fingerprint density at radius 2 is 2.12 bits per heavy atom. The van der Waals surface area contributed by atoms with E-state index in [1.807, 2.05) is 30.5 Å². The Morgan fingerprint density at radius 1 is 1.33 bits per heavy atom. The average Bonchev–Trinajstić information content (AvgIpc) is 3.14.